The summed E-state index contributed by atoms with van der Waals surface area (Å²) < 4.78 is 50.5. The van der Waals surface area contributed by atoms with E-state index in [1.807, 2.05) is 6.92 Å². The smallest absolute Gasteiger partial charge is 0.337 e. The molecule has 0 unspecified atom stereocenters. The van der Waals surface area contributed by atoms with E-state index >= 15 is 0 Å². The second kappa shape index (κ2) is 8.62. The Balaban J connectivity index is 1.36. The summed E-state index contributed by atoms with van der Waals surface area (Å²) in [4.78, 5) is 14.4. The van der Waals surface area contributed by atoms with Crippen LogP contribution in [0.1, 0.15) is 50.5 Å². The lowest BCUT2D eigenvalue weighted by Crippen LogP contribution is -2.48. The third-order valence-electron chi connectivity index (χ3n) is 6.92. The van der Waals surface area contributed by atoms with Crippen LogP contribution in [0.2, 0.25) is 4.34 Å². The summed E-state index contributed by atoms with van der Waals surface area (Å²) in [5.74, 6) is -4.71. The van der Waals surface area contributed by atoms with Crippen molar-refractivity contribution in [3.63, 3.8) is 0 Å². The summed E-state index contributed by atoms with van der Waals surface area (Å²) in [6.45, 7) is 4.45. The predicted octanol–water partition coefficient (Wildman–Crippen LogP) is 5.65. The van der Waals surface area contributed by atoms with Gasteiger partial charge in [-0.2, -0.15) is 13.9 Å². The minimum atomic E-state index is -3.04. The first-order chi connectivity index (χ1) is 16.5. The highest BCUT2D eigenvalue weighted by molar-refractivity contribution is 7.16. The SMILES string of the molecule is Cc1nn(-c2c(C(=O)O)ccc(F)c2C)cc1CN1CCC2(CC1)OCC(F)(F)c1cc(Cl)sc12. The quantitative estimate of drug-likeness (QED) is 0.476. The van der Waals surface area contributed by atoms with Crippen molar-refractivity contribution in [3.05, 3.63) is 67.4 Å². The molecule has 1 spiro atoms. The number of rotatable bonds is 4. The maximum Gasteiger partial charge on any atom is 0.337 e. The number of hydrogen-bond donors (Lipinski definition) is 1. The first-order valence-corrected chi connectivity index (χ1v) is 12.3. The van der Waals surface area contributed by atoms with E-state index in [1.165, 1.54) is 23.7 Å². The van der Waals surface area contributed by atoms with Gasteiger partial charge in [0.2, 0.25) is 0 Å². The monoisotopic (exact) mass is 525 g/mol. The number of fused-ring (bicyclic) bond motifs is 2. The third-order valence-corrected chi connectivity index (χ3v) is 8.37. The van der Waals surface area contributed by atoms with Crippen molar-refractivity contribution in [2.24, 2.45) is 0 Å². The Labute approximate surface area is 208 Å². The van der Waals surface area contributed by atoms with Gasteiger partial charge >= 0.3 is 5.97 Å². The van der Waals surface area contributed by atoms with E-state index in [9.17, 15) is 23.1 Å². The molecule has 0 bridgehead atoms. The van der Waals surface area contributed by atoms with Gasteiger partial charge in [0.15, 0.2) is 0 Å². The van der Waals surface area contributed by atoms with Crippen LogP contribution in [-0.4, -0.2) is 45.5 Å². The second-order valence-corrected chi connectivity index (χ2v) is 10.8. The molecule has 0 aliphatic carbocycles. The molecule has 1 N–H and O–H groups in total. The molecule has 0 saturated carbocycles. The molecule has 11 heteroatoms. The summed E-state index contributed by atoms with van der Waals surface area (Å²) in [7, 11) is 0. The number of piperidine rings is 1. The average Bonchev–Trinajstić information content (AvgIpc) is 3.38. The lowest BCUT2D eigenvalue weighted by atomic mass is 9.84. The van der Waals surface area contributed by atoms with Crippen LogP contribution in [0.25, 0.3) is 5.69 Å². The fraction of sp³-hybridized carbons (Fsp3) is 0.417. The third kappa shape index (κ3) is 4.16. The van der Waals surface area contributed by atoms with Crippen molar-refractivity contribution in [2.45, 2.75) is 44.8 Å². The zero-order valence-electron chi connectivity index (χ0n) is 19.1. The van der Waals surface area contributed by atoms with Crippen molar-refractivity contribution in [1.82, 2.24) is 14.7 Å². The molecule has 186 valence electrons. The van der Waals surface area contributed by atoms with Crippen LogP contribution in [0.4, 0.5) is 13.2 Å². The van der Waals surface area contributed by atoms with Gasteiger partial charge in [0.25, 0.3) is 5.92 Å². The molecular formula is C24H23ClF3N3O3S. The van der Waals surface area contributed by atoms with E-state index in [-0.39, 0.29) is 22.4 Å². The molecule has 3 aromatic rings. The number of carboxylic acid groups (broad SMARTS) is 1. The lowest BCUT2D eigenvalue weighted by molar-refractivity contribution is -0.182. The topological polar surface area (TPSA) is 67.6 Å². The summed E-state index contributed by atoms with van der Waals surface area (Å²) >= 11 is 7.25. The van der Waals surface area contributed by atoms with E-state index in [0.717, 1.165) is 23.0 Å². The average molecular weight is 526 g/mol. The minimum absolute atomic E-state index is 0.0241. The van der Waals surface area contributed by atoms with Crippen molar-refractivity contribution in [3.8, 4) is 5.69 Å². The molecule has 2 aliphatic rings. The Bertz CT molecular complexity index is 1310. The number of halogens is 4. The van der Waals surface area contributed by atoms with Crippen LogP contribution >= 0.6 is 22.9 Å². The number of nitrogens with zero attached hydrogens (tertiary/aromatic N) is 3. The fourth-order valence-electron chi connectivity index (χ4n) is 4.94. The van der Waals surface area contributed by atoms with Crippen molar-refractivity contribution in [1.29, 1.82) is 0 Å². The Morgan fingerprint density at radius 2 is 2.00 bits per heavy atom. The highest BCUT2D eigenvalue weighted by Gasteiger charge is 2.51. The molecule has 5 rings (SSSR count). The fourth-order valence-corrected chi connectivity index (χ4v) is 6.42. The zero-order valence-corrected chi connectivity index (χ0v) is 20.6. The van der Waals surface area contributed by atoms with Crippen molar-refractivity contribution < 1.29 is 27.8 Å². The van der Waals surface area contributed by atoms with E-state index in [1.54, 1.807) is 6.20 Å². The van der Waals surface area contributed by atoms with Crippen LogP contribution in [-0.2, 0) is 22.8 Å². The Hall–Kier alpha value is -2.40. The molecule has 2 aromatic heterocycles. The van der Waals surface area contributed by atoms with E-state index in [2.05, 4.69) is 10.00 Å². The molecule has 0 atom stereocenters. The molecule has 0 radical (unpaired) electrons. The van der Waals surface area contributed by atoms with E-state index in [4.69, 9.17) is 16.3 Å². The highest BCUT2D eigenvalue weighted by Crippen LogP contribution is 2.52. The molecule has 35 heavy (non-hydrogen) atoms. The van der Waals surface area contributed by atoms with Crippen LogP contribution in [0, 0.1) is 19.7 Å². The number of aromatic carboxylic acids is 1. The van der Waals surface area contributed by atoms with Crippen LogP contribution in [0.5, 0.6) is 0 Å². The van der Waals surface area contributed by atoms with Gasteiger partial charge in [-0.25, -0.2) is 13.9 Å². The number of thiophene rings is 1. The van der Waals surface area contributed by atoms with Crippen LogP contribution in [0.15, 0.2) is 24.4 Å². The molecule has 2 aliphatic heterocycles. The standard InChI is InChI=1S/C24H23ClF3N3O3S/c1-13-18(26)4-3-16(22(32)33)20(13)31-11-15(14(2)29-31)10-30-7-5-23(6-8-30)21-17(9-19(25)35-21)24(27,28)12-34-23/h3-4,9,11H,5-8,10,12H2,1-2H3,(H,32,33). The summed E-state index contributed by atoms with van der Waals surface area (Å²) in [6, 6.07) is 3.73. The number of hydrogen-bond acceptors (Lipinski definition) is 5. The van der Waals surface area contributed by atoms with Crippen molar-refractivity contribution >= 4 is 28.9 Å². The van der Waals surface area contributed by atoms with Crippen molar-refractivity contribution in [2.75, 3.05) is 19.7 Å². The van der Waals surface area contributed by atoms with Gasteiger partial charge in [-0.05, 0) is 44.9 Å². The Morgan fingerprint density at radius 3 is 2.69 bits per heavy atom. The highest BCUT2D eigenvalue weighted by atomic mass is 35.5. The number of alkyl halides is 2. The van der Waals surface area contributed by atoms with Gasteiger partial charge < -0.3 is 9.84 Å². The van der Waals surface area contributed by atoms with Gasteiger partial charge in [0, 0.05) is 47.4 Å². The number of aryl methyl sites for hydroxylation is 1. The Morgan fingerprint density at radius 1 is 1.29 bits per heavy atom. The van der Waals surface area contributed by atoms with Crippen LogP contribution in [0.3, 0.4) is 0 Å². The van der Waals surface area contributed by atoms with E-state index < -0.39 is 29.9 Å². The van der Waals surface area contributed by atoms with Gasteiger partial charge in [-0.1, -0.05) is 11.6 Å². The summed E-state index contributed by atoms with van der Waals surface area (Å²) in [6.07, 6.45) is 2.82. The molecule has 4 heterocycles. The Kier molecular flexibility index (Phi) is 5.98. The molecule has 1 saturated heterocycles. The molecule has 6 nitrogen and oxygen atoms in total. The molecule has 1 aromatic carbocycles. The second-order valence-electron chi connectivity index (χ2n) is 9.11. The van der Waals surface area contributed by atoms with Gasteiger partial charge in [0.05, 0.1) is 21.3 Å². The molecule has 1 fully saturated rings. The molecule has 0 amide bonds. The van der Waals surface area contributed by atoms with E-state index in [0.29, 0.717) is 47.4 Å². The first kappa shape index (κ1) is 24.3. The van der Waals surface area contributed by atoms with Gasteiger partial charge in [-0.3, -0.25) is 4.90 Å². The minimum Gasteiger partial charge on any atom is -0.478 e. The lowest BCUT2D eigenvalue weighted by Gasteiger charge is -2.45. The number of carboxylic acids is 1. The largest absolute Gasteiger partial charge is 0.478 e. The number of aromatic nitrogens is 2. The number of benzene rings is 1. The zero-order chi connectivity index (χ0) is 25.1. The normalized spacial score (nSPS) is 19.1. The maximum atomic E-state index is 14.4. The van der Waals surface area contributed by atoms with Crippen LogP contribution < -0.4 is 0 Å². The van der Waals surface area contributed by atoms with Gasteiger partial charge in [0.1, 0.15) is 18.0 Å². The number of carbonyl (C=O) groups is 1. The predicted molar refractivity (Wildman–Crippen MR) is 125 cm³/mol. The molecular weight excluding hydrogens is 503 g/mol. The maximum absolute atomic E-state index is 14.4. The summed E-state index contributed by atoms with van der Waals surface area (Å²) in [5.41, 5.74) is 1.15. The first-order valence-electron chi connectivity index (χ1n) is 11.1. The summed E-state index contributed by atoms with van der Waals surface area (Å²) in [5, 5.41) is 14.0. The number of ether oxygens (including phenoxy) is 1. The van der Waals surface area contributed by atoms with Gasteiger partial charge in [-0.15, -0.1) is 11.3 Å². The number of likely N-dealkylation sites (tertiary alicyclic amines) is 1.